The van der Waals surface area contributed by atoms with Crippen LogP contribution < -0.4 is 14.4 Å². The predicted molar refractivity (Wildman–Crippen MR) is 125 cm³/mol. The molecule has 2 aromatic rings. The zero-order valence-corrected chi connectivity index (χ0v) is 20.0. The first-order valence-electron chi connectivity index (χ1n) is 10.8. The van der Waals surface area contributed by atoms with Gasteiger partial charge in [-0.05, 0) is 35.8 Å². The highest BCUT2D eigenvalue weighted by Gasteiger charge is 2.32. The lowest BCUT2D eigenvalue weighted by Crippen LogP contribution is -2.48. The molecule has 184 valence electrons. The molecule has 1 fully saturated rings. The van der Waals surface area contributed by atoms with Gasteiger partial charge in [-0.15, -0.1) is 0 Å². The molecule has 0 bridgehead atoms. The maximum Gasteiger partial charge on any atom is 0.417 e. The predicted octanol–water partition coefficient (Wildman–Crippen LogP) is 5.16. The van der Waals surface area contributed by atoms with Gasteiger partial charge in [-0.1, -0.05) is 31.5 Å². The molecule has 34 heavy (non-hydrogen) atoms. The quantitative estimate of drug-likeness (QED) is 0.495. The highest BCUT2D eigenvalue weighted by atomic mass is 35.5. The number of nitrogens with zero attached hydrogens (tertiary/aromatic N) is 3. The molecule has 3 rings (SSSR count). The highest BCUT2D eigenvalue weighted by Crippen LogP contribution is 2.34. The maximum absolute atomic E-state index is 12.8. The molecule has 10 heteroatoms. The van der Waals surface area contributed by atoms with Crippen molar-refractivity contribution in [2.24, 2.45) is 5.92 Å². The molecule has 1 aromatic heterocycles. The zero-order valence-electron chi connectivity index (χ0n) is 19.2. The summed E-state index contributed by atoms with van der Waals surface area (Å²) in [5.74, 6) is 1.74. The van der Waals surface area contributed by atoms with Crippen molar-refractivity contribution in [2.75, 3.05) is 44.8 Å². The monoisotopic (exact) mass is 497 g/mol. The molecule has 0 saturated carbocycles. The van der Waals surface area contributed by atoms with Gasteiger partial charge in [0.2, 0.25) is 5.91 Å². The number of hydrogen-bond donors (Lipinski definition) is 0. The number of anilines is 1. The van der Waals surface area contributed by atoms with Crippen LogP contribution in [0, 0.1) is 5.92 Å². The minimum absolute atomic E-state index is 0.0655. The fraction of sp³-hybridized carbons (Fsp3) is 0.417. The van der Waals surface area contributed by atoms with Crippen molar-refractivity contribution in [3.8, 4) is 11.5 Å². The standard InChI is InChI=1S/C24H27ClF3N3O3/c1-16(2)15-34-20-6-4-17(12-21(20)33-3)5-7-22(32)30-8-10-31(11-9-30)23-19(25)13-18(14-29-23)24(26,27)28/h4-7,12-14,16H,8-11,15H2,1-3H3/b7-5+. The number of benzene rings is 1. The number of amides is 1. The van der Waals surface area contributed by atoms with Gasteiger partial charge in [-0.3, -0.25) is 4.79 Å². The van der Waals surface area contributed by atoms with E-state index in [-0.39, 0.29) is 16.7 Å². The summed E-state index contributed by atoms with van der Waals surface area (Å²) < 4.78 is 49.6. The van der Waals surface area contributed by atoms with Crippen LogP contribution in [0.25, 0.3) is 6.08 Å². The molecule has 0 aliphatic carbocycles. The van der Waals surface area contributed by atoms with E-state index in [9.17, 15) is 18.0 Å². The zero-order chi connectivity index (χ0) is 24.9. The summed E-state index contributed by atoms with van der Waals surface area (Å²) in [5, 5.41) is -0.0655. The summed E-state index contributed by atoms with van der Waals surface area (Å²) in [6.07, 6.45) is -0.535. The van der Waals surface area contributed by atoms with Gasteiger partial charge in [0.05, 0.1) is 24.3 Å². The summed E-state index contributed by atoms with van der Waals surface area (Å²) in [6.45, 7) is 6.30. The van der Waals surface area contributed by atoms with Gasteiger partial charge < -0.3 is 19.3 Å². The molecule has 1 aromatic carbocycles. The van der Waals surface area contributed by atoms with Crippen molar-refractivity contribution in [1.29, 1.82) is 0 Å². The summed E-state index contributed by atoms with van der Waals surface area (Å²) >= 11 is 6.04. The lowest BCUT2D eigenvalue weighted by molar-refractivity contribution is -0.137. The first kappa shape index (κ1) is 25.7. The van der Waals surface area contributed by atoms with Crippen molar-refractivity contribution in [3.05, 3.63) is 52.7 Å². The largest absolute Gasteiger partial charge is 0.493 e. The molecule has 1 aliphatic heterocycles. The van der Waals surface area contributed by atoms with Gasteiger partial charge >= 0.3 is 6.18 Å². The second-order valence-corrected chi connectivity index (χ2v) is 8.70. The van der Waals surface area contributed by atoms with Crippen LogP contribution in [0.5, 0.6) is 11.5 Å². The van der Waals surface area contributed by atoms with Crippen LogP contribution >= 0.6 is 11.6 Å². The molecule has 1 aliphatic rings. The van der Waals surface area contributed by atoms with Gasteiger partial charge in [-0.25, -0.2) is 4.98 Å². The van der Waals surface area contributed by atoms with E-state index < -0.39 is 11.7 Å². The number of rotatable bonds is 7. The number of carbonyl (C=O) groups excluding carboxylic acids is 1. The smallest absolute Gasteiger partial charge is 0.417 e. The topological polar surface area (TPSA) is 54.9 Å². The van der Waals surface area contributed by atoms with E-state index in [1.165, 1.54) is 6.08 Å². The van der Waals surface area contributed by atoms with Crippen LogP contribution in [0.15, 0.2) is 36.5 Å². The highest BCUT2D eigenvalue weighted by molar-refractivity contribution is 6.33. The lowest BCUT2D eigenvalue weighted by atomic mass is 10.1. The van der Waals surface area contributed by atoms with Crippen LogP contribution in [-0.4, -0.2) is 55.7 Å². The Morgan fingerprint density at radius 1 is 1.18 bits per heavy atom. The average molecular weight is 498 g/mol. The molecular formula is C24H27ClF3N3O3. The second-order valence-electron chi connectivity index (χ2n) is 8.29. The number of ether oxygens (including phenoxy) is 2. The van der Waals surface area contributed by atoms with Crippen LogP contribution in [0.3, 0.4) is 0 Å². The molecule has 0 unspecified atom stereocenters. The molecule has 0 spiro atoms. The van der Waals surface area contributed by atoms with E-state index >= 15 is 0 Å². The Bertz CT molecular complexity index is 1040. The molecule has 1 saturated heterocycles. The van der Waals surface area contributed by atoms with Gasteiger partial charge in [0, 0.05) is 38.5 Å². The molecule has 0 N–H and O–H groups in total. The summed E-state index contributed by atoms with van der Waals surface area (Å²) in [5.41, 5.74) is -0.0992. The third-order valence-electron chi connectivity index (χ3n) is 5.22. The lowest BCUT2D eigenvalue weighted by Gasteiger charge is -2.35. The fourth-order valence-corrected chi connectivity index (χ4v) is 3.68. The first-order valence-corrected chi connectivity index (χ1v) is 11.2. The molecule has 0 radical (unpaired) electrons. The van der Waals surface area contributed by atoms with Crippen molar-refractivity contribution in [2.45, 2.75) is 20.0 Å². The number of aromatic nitrogens is 1. The summed E-state index contributed by atoms with van der Waals surface area (Å²) in [6, 6.07) is 6.33. The Morgan fingerprint density at radius 3 is 2.47 bits per heavy atom. The van der Waals surface area contributed by atoms with Gasteiger partial charge in [0.1, 0.15) is 5.82 Å². The molecule has 6 nitrogen and oxygen atoms in total. The van der Waals surface area contributed by atoms with Gasteiger partial charge in [-0.2, -0.15) is 13.2 Å². The van der Waals surface area contributed by atoms with Crippen molar-refractivity contribution in [1.82, 2.24) is 9.88 Å². The van der Waals surface area contributed by atoms with Crippen LogP contribution in [-0.2, 0) is 11.0 Å². The number of alkyl halides is 3. The van der Waals surface area contributed by atoms with E-state index in [1.54, 1.807) is 29.1 Å². The van der Waals surface area contributed by atoms with E-state index in [0.717, 1.165) is 17.8 Å². The Kier molecular flexibility index (Phi) is 8.30. The number of hydrogen-bond acceptors (Lipinski definition) is 5. The molecule has 2 heterocycles. The van der Waals surface area contributed by atoms with Crippen molar-refractivity contribution in [3.63, 3.8) is 0 Å². The van der Waals surface area contributed by atoms with Crippen LogP contribution in [0.4, 0.5) is 19.0 Å². The number of pyridine rings is 1. The number of methoxy groups -OCH3 is 1. The van der Waals surface area contributed by atoms with E-state index in [2.05, 4.69) is 18.8 Å². The minimum atomic E-state index is -4.50. The van der Waals surface area contributed by atoms with E-state index in [0.29, 0.717) is 50.2 Å². The van der Waals surface area contributed by atoms with Crippen LogP contribution in [0.2, 0.25) is 5.02 Å². The fourth-order valence-electron chi connectivity index (χ4n) is 3.39. The normalized spacial score (nSPS) is 14.7. The SMILES string of the molecule is COc1cc(/C=C/C(=O)N2CCN(c3ncc(C(F)(F)F)cc3Cl)CC2)ccc1OCC(C)C. The molecule has 1 amide bonds. The van der Waals surface area contributed by atoms with Gasteiger partial charge in [0.15, 0.2) is 11.5 Å². The third-order valence-corrected chi connectivity index (χ3v) is 5.50. The molecular weight excluding hydrogens is 471 g/mol. The van der Waals surface area contributed by atoms with E-state index in [4.69, 9.17) is 21.1 Å². The Balaban J connectivity index is 1.58. The Labute approximate surface area is 201 Å². The first-order chi connectivity index (χ1) is 16.1. The van der Waals surface area contributed by atoms with Crippen molar-refractivity contribution < 1.29 is 27.4 Å². The Morgan fingerprint density at radius 2 is 1.88 bits per heavy atom. The third kappa shape index (κ3) is 6.56. The number of carbonyl (C=O) groups is 1. The summed E-state index contributed by atoms with van der Waals surface area (Å²) in [4.78, 5) is 20.0. The second kappa shape index (κ2) is 11.0. The number of halogens is 4. The maximum atomic E-state index is 12.8. The average Bonchev–Trinajstić information content (AvgIpc) is 2.80. The van der Waals surface area contributed by atoms with Crippen LogP contribution in [0.1, 0.15) is 25.0 Å². The minimum Gasteiger partial charge on any atom is -0.493 e. The van der Waals surface area contributed by atoms with Crippen molar-refractivity contribution >= 4 is 29.4 Å². The van der Waals surface area contributed by atoms with Gasteiger partial charge in [0.25, 0.3) is 0 Å². The van der Waals surface area contributed by atoms with E-state index in [1.807, 2.05) is 12.1 Å². The summed E-state index contributed by atoms with van der Waals surface area (Å²) in [7, 11) is 1.56. The Hall–Kier alpha value is -2.94. The molecule has 0 atom stereocenters. The number of piperazine rings is 1.